The molecule has 0 heterocycles. The van der Waals surface area contributed by atoms with E-state index in [0.29, 0.717) is 0 Å². The summed E-state index contributed by atoms with van der Waals surface area (Å²) in [6, 6.07) is 0. The van der Waals surface area contributed by atoms with Gasteiger partial charge in [-0.3, -0.25) is 13.7 Å². The van der Waals surface area contributed by atoms with Gasteiger partial charge in [-0.25, -0.2) is 0 Å². The Balaban J connectivity index is -0.0000000457. The van der Waals surface area contributed by atoms with Gasteiger partial charge in [0.2, 0.25) is 0 Å². The van der Waals surface area contributed by atoms with Crippen molar-refractivity contribution >= 4 is 0 Å². The van der Waals surface area contributed by atoms with Crippen molar-refractivity contribution < 1.29 is 143 Å². The number of rotatable bonds is 0. The average molecular weight is 372 g/mol. The van der Waals surface area contributed by atoms with Crippen LogP contribution in [0.4, 0.5) is 0 Å². The maximum atomic E-state index is 8.62. The van der Waals surface area contributed by atoms with Gasteiger partial charge in [-0.1, -0.05) is 0 Å². The Hall–Kier alpha value is 3.09. The van der Waals surface area contributed by atoms with Crippen molar-refractivity contribution in [3.8, 4) is 0 Å². The Morgan fingerprint density at radius 1 is 0.917 bits per heavy atom. The van der Waals surface area contributed by atoms with Gasteiger partial charge in [-0.15, -0.1) is 0 Å². The zero-order valence-corrected chi connectivity index (χ0v) is 14.5. The third-order valence-electron chi connectivity index (χ3n) is 0. The van der Waals surface area contributed by atoms with Gasteiger partial charge in [0, 0.05) is 0 Å². The van der Waals surface area contributed by atoms with Crippen molar-refractivity contribution in [3.63, 3.8) is 0 Å². The molecule has 0 bridgehead atoms. The minimum atomic E-state index is -5.94. The second-order valence-electron chi connectivity index (χ2n) is 0.756. The monoisotopic (exact) mass is 372 g/mol. The SMILES string of the molecule is [K+].[Na+].[O-][I+3]([O-])([O-])[O-].[O]=[Mn](=[O])(=[O])[O-]. The van der Waals surface area contributed by atoms with Crippen LogP contribution >= 0.6 is 0 Å². The Kier molecular flexibility index (Phi) is 21.5. The van der Waals surface area contributed by atoms with Gasteiger partial charge in [-0.05, 0) is 0 Å². The van der Waals surface area contributed by atoms with Crippen LogP contribution in [-0.2, 0) is 24.5 Å². The fourth-order valence-corrected chi connectivity index (χ4v) is 0. The topological polar surface area (TPSA) is 167 Å². The molecular formula is IKMnNaO8. The second kappa shape index (κ2) is 10.6. The molecule has 0 N–H and O–H groups in total. The molecular weight excluding hydrogens is 372 g/mol. The van der Waals surface area contributed by atoms with Crippen molar-refractivity contribution in [1.29, 1.82) is 0 Å². The number of hydrogen-bond acceptors (Lipinski definition) is 8. The van der Waals surface area contributed by atoms with Crippen LogP contribution in [0.1, 0.15) is 0 Å². The van der Waals surface area contributed by atoms with Crippen molar-refractivity contribution in [2.45, 2.75) is 0 Å². The quantitative estimate of drug-likeness (QED) is 0.298. The van der Waals surface area contributed by atoms with Crippen LogP contribution in [0.25, 0.3) is 0 Å². The first-order valence-corrected chi connectivity index (χ1v) is 6.69. The van der Waals surface area contributed by atoms with Gasteiger partial charge in [0.15, 0.2) is 0 Å². The van der Waals surface area contributed by atoms with E-state index in [1.165, 1.54) is 0 Å². The molecule has 0 aliphatic rings. The molecule has 0 radical (unpaired) electrons. The fraction of sp³-hybridized carbons (Fsp3) is 0. The summed E-state index contributed by atoms with van der Waals surface area (Å²) in [5.41, 5.74) is 0. The van der Waals surface area contributed by atoms with Gasteiger partial charge in [0.1, 0.15) is 20.1 Å². The van der Waals surface area contributed by atoms with Crippen LogP contribution in [0, 0.1) is 0 Å². The third-order valence-corrected chi connectivity index (χ3v) is 0. The summed E-state index contributed by atoms with van der Waals surface area (Å²) in [4.78, 5) is 0. The molecule has 8 nitrogen and oxygen atoms in total. The van der Waals surface area contributed by atoms with Crippen LogP contribution in [0.2, 0.25) is 0 Å². The van der Waals surface area contributed by atoms with E-state index in [1.807, 2.05) is 0 Å². The van der Waals surface area contributed by atoms with Crippen LogP contribution in [0.5, 0.6) is 0 Å². The van der Waals surface area contributed by atoms with Crippen LogP contribution < -0.4 is 119 Å². The molecule has 0 aliphatic heterocycles. The predicted octanol–water partition coefficient (Wildman–Crippen LogP) is -15.3. The van der Waals surface area contributed by atoms with Gasteiger partial charge in [0.25, 0.3) is 0 Å². The summed E-state index contributed by atoms with van der Waals surface area (Å²) in [7, 11) is 0. The number of halogens is 1. The third kappa shape index (κ3) is 201. The Bertz CT molecular complexity index is 197. The Morgan fingerprint density at radius 2 is 0.917 bits per heavy atom. The van der Waals surface area contributed by atoms with Crippen LogP contribution in [0.3, 0.4) is 0 Å². The zero-order chi connectivity index (χ0) is 9.00. The van der Waals surface area contributed by atoms with E-state index in [-0.39, 0.29) is 80.9 Å². The molecule has 0 aromatic heterocycles. The number of hydrogen-bond donors (Lipinski definition) is 0. The van der Waals surface area contributed by atoms with Crippen molar-refractivity contribution in [1.82, 2.24) is 0 Å². The van der Waals surface area contributed by atoms with E-state index in [0.717, 1.165) is 0 Å². The molecule has 0 saturated carbocycles. The van der Waals surface area contributed by atoms with Gasteiger partial charge in [-0.2, -0.15) is 0 Å². The van der Waals surface area contributed by atoms with Crippen LogP contribution in [-0.4, -0.2) is 0 Å². The van der Waals surface area contributed by atoms with Gasteiger partial charge < -0.3 is 0 Å². The maximum absolute atomic E-state index is 8.62. The molecule has 0 unspecified atom stereocenters. The Labute approximate surface area is 140 Å². The van der Waals surface area contributed by atoms with Gasteiger partial charge >= 0.3 is 110 Å². The minimum absolute atomic E-state index is 0. The summed E-state index contributed by atoms with van der Waals surface area (Å²) in [5, 5.41) is 0. The van der Waals surface area contributed by atoms with E-state index in [2.05, 4.69) is 0 Å². The Morgan fingerprint density at radius 3 is 0.917 bits per heavy atom. The molecule has 0 aromatic carbocycles. The van der Waals surface area contributed by atoms with E-state index in [9.17, 15) is 0 Å². The molecule has 12 heteroatoms. The first kappa shape index (κ1) is 24.4. The molecule has 12 heavy (non-hydrogen) atoms. The van der Waals surface area contributed by atoms with E-state index >= 15 is 0 Å². The summed E-state index contributed by atoms with van der Waals surface area (Å²) in [6.07, 6.45) is 0. The molecule has 0 fully saturated rings. The molecule has 0 spiro atoms. The average Bonchev–Trinajstić information content (AvgIpc) is 1.12. The molecule has 0 aliphatic carbocycles. The van der Waals surface area contributed by atoms with E-state index in [4.69, 9.17) is 29.4 Å². The van der Waals surface area contributed by atoms with Crippen molar-refractivity contribution in [3.05, 3.63) is 0 Å². The van der Waals surface area contributed by atoms with E-state index < -0.39 is 33.1 Å². The summed E-state index contributed by atoms with van der Waals surface area (Å²) in [5.74, 6) is 0. The molecule has 0 amide bonds. The van der Waals surface area contributed by atoms with Gasteiger partial charge in [0.05, 0.1) is 0 Å². The molecule has 0 aromatic rings. The first-order chi connectivity index (χ1) is 4.00. The summed E-state index contributed by atoms with van der Waals surface area (Å²) < 4.78 is 68.8. The standard InChI is InChI=1S/IO4.K.Mn.Na.4O/c2-1(3,4)5;;;;;;;/q-1;+1;;+1;;;;-1. The summed E-state index contributed by atoms with van der Waals surface area (Å²) >= 11 is -11.6. The van der Waals surface area contributed by atoms with E-state index in [1.54, 1.807) is 0 Å². The fourth-order valence-electron chi connectivity index (χ4n) is 0. The molecule has 0 rings (SSSR count). The summed E-state index contributed by atoms with van der Waals surface area (Å²) in [6.45, 7) is 0. The molecule has 64 valence electrons. The zero-order valence-electron chi connectivity index (χ0n) is 6.02. The van der Waals surface area contributed by atoms with Crippen molar-refractivity contribution in [2.75, 3.05) is 0 Å². The first-order valence-electron chi connectivity index (χ1n) is 1.23. The second-order valence-corrected chi connectivity index (χ2v) is 4.09. The predicted molar refractivity (Wildman–Crippen MR) is 2.06 cm³/mol. The normalized spacial score (nSPS) is 9.75. The molecule has 0 saturated heterocycles. The molecule has 0 atom stereocenters. The van der Waals surface area contributed by atoms with Crippen LogP contribution in [0.15, 0.2) is 0 Å². The van der Waals surface area contributed by atoms with Crippen molar-refractivity contribution in [2.24, 2.45) is 0 Å².